The lowest BCUT2D eigenvalue weighted by molar-refractivity contribution is -0.493. The van der Waals surface area contributed by atoms with E-state index in [1.165, 1.54) is 11.8 Å². The highest BCUT2D eigenvalue weighted by atomic mass is 32.2. The Morgan fingerprint density at radius 3 is 2.92 bits per heavy atom. The summed E-state index contributed by atoms with van der Waals surface area (Å²) in [5, 5.41) is 17.1. The van der Waals surface area contributed by atoms with Gasteiger partial charge in [-0.15, -0.1) is 0 Å². The summed E-state index contributed by atoms with van der Waals surface area (Å²) < 4.78 is 5.20. The minimum atomic E-state index is -0.712. The van der Waals surface area contributed by atoms with Crippen molar-refractivity contribution in [1.82, 2.24) is 15.4 Å². The van der Waals surface area contributed by atoms with Crippen LogP contribution in [0.5, 0.6) is 0 Å². The fraction of sp³-hybridized carbons (Fsp3) is 0.333. The number of amides is 1. The molecule has 24 heavy (non-hydrogen) atoms. The van der Waals surface area contributed by atoms with Crippen LogP contribution in [0.3, 0.4) is 0 Å². The molecule has 2 aliphatic rings. The normalized spacial score (nSPS) is 27.5. The molecule has 124 valence electrons. The van der Waals surface area contributed by atoms with Crippen molar-refractivity contribution in [2.24, 2.45) is 0 Å². The lowest BCUT2D eigenvalue weighted by Gasteiger charge is -2.13. The number of nitro groups is 1. The van der Waals surface area contributed by atoms with E-state index in [-0.39, 0.29) is 10.8 Å². The summed E-state index contributed by atoms with van der Waals surface area (Å²) in [7, 11) is 0. The number of aryl methyl sites for hydroxylation is 1. The molecule has 1 N–H and O–H groups in total. The molecule has 3 atom stereocenters. The predicted molar refractivity (Wildman–Crippen MR) is 86.8 cm³/mol. The zero-order chi connectivity index (χ0) is 16.9. The molecule has 8 nitrogen and oxygen atoms in total. The molecule has 0 spiro atoms. The lowest BCUT2D eigenvalue weighted by atomic mass is 10.1. The van der Waals surface area contributed by atoms with Gasteiger partial charge in [0.05, 0.1) is 6.54 Å². The van der Waals surface area contributed by atoms with Gasteiger partial charge in [0.1, 0.15) is 17.0 Å². The molecule has 3 heterocycles. The van der Waals surface area contributed by atoms with Crippen LogP contribution in [0.1, 0.15) is 16.1 Å². The molecule has 0 radical (unpaired) electrons. The van der Waals surface area contributed by atoms with Crippen LogP contribution < -0.4 is 5.32 Å². The first kappa shape index (κ1) is 15.2. The average molecular weight is 346 g/mol. The number of thioether (sulfide) groups is 1. The number of nitrogens with one attached hydrogen (secondary N) is 1. The van der Waals surface area contributed by atoms with Gasteiger partial charge in [-0.3, -0.25) is 19.8 Å². The molecule has 2 aromatic rings. The average Bonchev–Trinajstić information content (AvgIpc) is 2.91. The van der Waals surface area contributed by atoms with Crippen LogP contribution in [0.25, 0.3) is 11.3 Å². The van der Waals surface area contributed by atoms with Crippen molar-refractivity contribution >= 4 is 17.7 Å². The molecule has 2 saturated heterocycles. The highest BCUT2D eigenvalue weighted by molar-refractivity contribution is 8.01. The van der Waals surface area contributed by atoms with Gasteiger partial charge in [-0.25, -0.2) is 0 Å². The van der Waals surface area contributed by atoms with E-state index in [2.05, 4.69) is 10.5 Å². The largest absolute Gasteiger partial charge is 0.360 e. The Bertz CT molecular complexity index is 824. The van der Waals surface area contributed by atoms with E-state index in [1.54, 1.807) is 6.92 Å². The van der Waals surface area contributed by atoms with Gasteiger partial charge in [-0.2, -0.15) is 0 Å². The third-order valence-electron chi connectivity index (χ3n) is 4.20. The minimum Gasteiger partial charge on any atom is -0.360 e. The second kappa shape index (κ2) is 5.32. The molecule has 0 bridgehead atoms. The van der Waals surface area contributed by atoms with E-state index in [0.717, 1.165) is 5.56 Å². The molecule has 1 amide bonds. The number of aromatic nitrogens is 1. The maximum absolute atomic E-state index is 12.8. The Kier molecular flexibility index (Phi) is 3.36. The smallest absolute Gasteiger partial charge is 0.274 e. The Labute approximate surface area is 141 Å². The number of rotatable bonds is 4. The molecule has 1 unspecified atom stereocenters. The van der Waals surface area contributed by atoms with Crippen LogP contribution >= 0.6 is 11.8 Å². The van der Waals surface area contributed by atoms with E-state index < -0.39 is 10.4 Å². The highest BCUT2D eigenvalue weighted by Crippen LogP contribution is 2.50. The Morgan fingerprint density at radius 1 is 1.50 bits per heavy atom. The van der Waals surface area contributed by atoms with E-state index in [1.807, 2.05) is 35.2 Å². The standard InChI is InChI=1S/C15H14N4O4S/c1-9-12(13(17-23-9)10-5-3-2-4-6-10)14(20)16-15-8-18(15)7-11(24-15)19(21)22/h2-6,11H,7-8H2,1H3,(H,16,20)/t11-,15+,18?/m1/s1. The zero-order valence-electron chi connectivity index (χ0n) is 12.8. The SMILES string of the molecule is Cc1onc(-c2ccccc2)c1C(=O)N[C@@]12CN1C[C@H]([N+](=O)[O-])S2. The number of fused-ring (bicyclic) bond motifs is 1. The highest BCUT2D eigenvalue weighted by Gasteiger charge is 2.64. The van der Waals surface area contributed by atoms with Gasteiger partial charge >= 0.3 is 0 Å². The van der Waals surface area contributed by atoms with Crippen molar-refractivity contribution < 1.29 is 14.2 Å². The number of hydrogen-bond donors (Lipinski definition) is 1. The third kappa shape index (κ3) is 2.36. The Balaban J connectivity index is 1.59. The Morgan fingerprint density at radius 2 is 2.25 bits per heavy atom. The number of nitrogens with zero attached hydrogens (tertiary/aromatic N) is 3. The quantitative estimate of drug-likeness (QED) is 0.511. The Hall–Kier alpha value is -2.39. The number of carbonyl (C=O) groups is 1. The van der Waals surface area contributed by atoms with Gasteiger partial charge < -0.3 is 9.84 Å². The molecule has 1 aromatic heterocycles. The molecule has 2 aliphatic heterocycles. The maximum atomic E-state index is 12.8. The van der Waals surface area contributed by atoms with Crippen LogP contribution in [0, 0.1) is 17.0 Å². The van der Waals surface area contributed by atoms with Crippen LogP contribution in [0.2, 0.25) is 0 Å². The fourth-order valence-corrected chi connectivity index (χ4v) is 4.32. The lowest BCUT2D eigenvalue weighted by Crippen LogP contribution is -2.37. The van der Waals surface area contributed by atoms with Crippen LogP contribution in [0.15, 0.2) is 34.9 Å². The second-order valence-corrected chi connectivity index (χ2v) is 7.26. The summed E-state index contributed by atoms with van der Waals surface area (Å²) in [6.45, 7) is 2.63. The zero-order valence-corrected chi connectivity index (χ0v) is 13.6. The van der Waals surface area contributed by atoms with Gasteiger partial charge in [-0.1, -0.05) is 35.5 Å². The van der Waals surface area contributed by atoms with Gasteiger partial charge in [0.15, 0.2) is 4.99 Å². The van der Waals surface area contributed by atoms with Crippen molar-refractivity contribution in [2.75, 3.05) is 13.1 Å². The van der Waals surface area contributed by atoms with Crippen molar-refractivity contribution in [3.8, 4) is 11.3 Å². The van der Waals surface area contributed by atoms with Gasteiger partial charge in [0.2, 0.25) is 0 Å². The molecular formula is C15H14N4O4S. The summed E-state index contributed by atoms with van der Waals surface area (Å²) in [6.07, 6.45) is 0. The van der Waals surface area contributed by atoms with E-state index >= 15 is 0 Å². The summed E-state index contributed by atoms with van der Waals surface area (Å²) in [5.41, 5.74) is 1.63. The van der Waals surface area contributed by atoms with Crippen molar-refractivity contribution in [1.29, 1.82) is 0 Å². The molecular weight excluding hydrogens is 332 g/mol. The first-order valence-electron chi connectivity index (χ1n) is 7.41. The third-order valence-corrected chi connectivity index (χ3v) is 5.67. The van der Waals surface area contributed by atoms with E-state index in [4.69, 9.17) is 4.52 Å². The molecule has 0 saturated carbocycles. The van der Waals surface area contributed by atoms with Crippen LogP contribution in [-0.2, 0) is 0 Å². The number of hydrogen-bond acceptors (Lipinski definition) is 7. The van der Waals surface area contributed by atoms with E-state index in [9.17, 15) is 14.9 Å². The second-order valence-electron chi connectivity index (χ2n) is 5.81. The van der Waals surface area contributed by atoms with Crippen molar-refractivity contribution in [3.63, 3.8) is 0 Å². The predicted octanol–water partition coefficient (Wildman–Crippen LogP) is 1.70. The fourth-order valence-electron chi connectivity index (χ4n) is 2.93. The first-order valence-corrected chi connectivity index (χ1v) is 8.29. The molecule has 9 heteroatoms. The van der Waals surface area contributed by atoms with Crippen molar-refractivity contribution in [3.05, 3.63) is 51.8 Å². The van der Waals surface area contributed by atoms with Crippen molar-refractivity contribution in [2.45, 2.75) is 17.3 Å². The van der Waals surface area contributed by atoms with Gasteiger partial charge in [0.25, 0.3) is 11.3 Å². The monoisotopic (exact) mass is 346 g/mol. The summed E-state index contributed by atoms with van der Waals surface area (Å²) >= 11 is 1.17. The molecule has 0 aliphatic carbocycles. The summed E-state index contributed by atoms with van der Waals surface area (Å²) in [5.74, 6) is 0.0929. The molecule has 4 rings (SSSR count). The number of carbonyl (C=O) groups excluding carboxylic acids is 1. The minimum absolute atomic E-state index is 0.315. The topological polar surface area (TPSA) is 101 Å². The number of benzene rings is 1. The summed E-state index contributed by atoms with van der Waals surface area (Å²) in [4.78, 5) is 24.6. The van der Waals surface area contributed by atoms with E-state index in [0.29, 0.717) is 30.1 Å². The van der Waals surface area contributed by atoms with Crippen LogP contribution in [0.4, 0.5) is 0 Å². The maximum Gasteiger partial charge on any atom is 0.274 e. The molecule has 1 aromatic carbocycles. The van der Waals surface area contributed by atoms with Gasteiger partial charge in [-0.05, 0) is 18.7 Å². The summed E-state index contributed by atoms with van der Waals surface area (Å²) in [6, 6.07) is 9.30. The molecule has 2 fully saturated rings. The van der Waals surface area contributed by atoms with Crippen LogP contribution in [-0.4, -0.2) is 44.3 Å². The van der Waals surface area contributed by atoms with Gasteiger partial charge in [0, 0.05) is 17.0 Å². The first-order chi connectivity index (χ1) is 11.5.